The third kappa shape index (κ3) is 4.19. The zero-order valence-electron chi connectivity index (χ0n) is 18.0. The number of carbonyl (C=O) groups excluding carboxylic acids is 2. The van der Waals surface area contributed by atoms with Crippen LogP contribution in [-0.2, 0) is 11.2 Å². The number of amides is 2. The number of aromatic nitrogens is 2. The Kier molecular flexibility index (Phi) is 5.55. The molecular weight excluding hydrogens is 442 g/mol. The predicted molar refractivity (Wildman–Crippen MR) is 124 cm³/mol. The molecule has 5 rings (SSSR count). The maximum Gasteiger partial charge on any atom is 0.286 e. The van der Waals surface area contributed by atoms with Crippen LogP contribution in [0.5, 0.6) is 11.5 Å². The lowest BCUT2D eigenvalue weighted by Crippen LogP contribution is -2.25. The number of aryl methyl sites for hydroxylation is 1. The van der Waals surface area contributed by atoms with E-state index in [0.29, 0.717) is 29.4 Å². The molecule has 3 heterocycles. The Bertz CT molecular complexity index is 1340. The summed E-state index contributed by atoms with van der Waals surface area (Å²) in [7, 11) is 1.62. The highest BCUT2D eigenvalue weighted by Gasteiger charge is 2.32. The largest absolute Gasteiger partial charge is 0.496 e. The van der Waals surface area contributed by atoms with Gasteiger partial charge in [-0.3, -0.25) is 14.9 Å². The molecule has 1 fully saturated rings. The number of nitrogens with zero attached hydrogens (tertiary/aromatic N) is 1. The number of hydrogen-bond donors (Lipinski definition) is 2. The Labute approximate surface area is 193 Å². The first-order valence-corrected chi connectivity index (χ1v) is 11.2. The smallest absolute Gasteiger partial charge is 0.286 e. The van der Waals surface area contributed by atoms with Crippen LogP contribution in [0.3, 0.4) is 0 Å². The van der Waals surface area contributed by atoms with E-state index in [1.165, 1.54) is 6.39 Å². The van der Waals surface area contributed by atoms with Crippen molar-refractivity contribution in [3.63, 3.8) is 0 Å². The van der Waals surface area contributed by atoms with Gasteiger partial charge in [0, 0.05) is 29.3 Å². The van der Waals surface area contributed by atoms with E-state index in [1.54, 1.807) is 7.11 Å². The molecule has 0 spiro atoms. The monoisotopic (exact) mass is 463 g/mol. The molecule has 1 aliphatic rings. The minimum atomic E-state index is -0.531. The number of imide groups is 1. The van der Waals surface area contributed by atoms with Crippen molar-refractivity contribution in [3.8, 4) is 11.5 Å². The first-order chi connectivity index (χ1) is 16.0. The number of para-hydroxylation sites is 1. The lowest BCUT2D eigenvalue weighted by atomic mass is 10.0. The van der Waals surface area contributed by atoms with E-state index in [9.17, 15) is 9.59 Å². The fourth-order valence-corrected chi connectivity index (χ4v) is 4.78. The summed E-state index contributed by atoms with van der Waals surface area (Å²) in [5.41, 5.74) is 3.24. The zero-order chi connectivity index (χ0) is 22.9. The van der Waals surface area contributed by atoms with E-state index in [0.717, 1.165) is 33.9 Å². The molecule has 2 amide bonds. The zero-order valence-corrected chi connectivity index (χ0v) is 18.8. The van der Waals surface area contributed by atoms with Gasteiger partial charge < -0.3 is 18.9 Å². The average Bonchev–Trinajstić information content (AvgIpc) is 3.50. The molecule has 0 bridgehead atoms. The van der Waals surface area contributed by atoms with Crippen LogP contribution in [0.1, 0.15) is 28.8 Å². The normalized spacial score (nSPS) is 16.7. The molecule has 2 aromatic heterocycles. The Morgan fingerprint density at radius 1 is 1.18 bits per heavy atom. The van der Waals surface area contributed by atoms with E-state index in [2.05, 4.69) is 15.3 Å². The van der Waals surface area contributed by atoms with Crippen LogP contribution in [0.2, 0.25) is 0 Å². The second-order valence-electron chi connectivity index (χ2n) is 7.66. The minimum Gasteiger partial charge on any atom is -0.496 e. The highest BCUT2D eigenvalue weighted by Crippen LogP contribution is 2.35. The van der Waals surface area contributed by atoms with Crippen molar-refractivity contribution in [2.24, 2.45) is 0 Å². The van der Waals surface area contributed by atoms with Gasteiger partial charge in [0.15, 0.2) is 12.5 Å². The van der Waals surface area contributed by atoms with Crippen molar-refractivity contribution < 1.29 is 23.5 Å². The fourth-order valence-electron chi connectivity index (χ4n) is 3.93. The number of methoxy groups -OCH3 is 1. The predicted octanol–water partition coefficient (Wildman–Crippen LogP) is 4.54. The first kappa shape index (κ1) is 21.1. The summed E-state index contributed by atoms with van der Waals surface area (Å²) < 4.78 is 17.4. The summed E-state index contributed by atoms with van der Waals surface area (Å²) in [4.78, 5) is 31.1. The van der Waals surface area contributed by atoms with Gasteiger partial charge >= 0.3 is 0 Å². The topological polar surface area (TPSA) is 106 Å². The molecule has 0 aliphatic carbocycles. The maximum atomic E-state index is 11.9. The lowest BCUT2D eigenvalue weighted by molar-refractivity contribution is -0.118. The van der Waals surface area contributed by atoms with Crippen LogP contribution in [-0.4, -0.2) is 33.5 Å². The van der Waals surface area contributed by atoms with Gasteiger partial charge in [0.1, 0.15) is 23.0 Å². The number of aromatic amines is 1. The lowest BCUT2D eigenvalue weighted by Gasteiger charge is -2.20. The van der Waals surface area contributed by atoms with Gasteiger partial charge in [0.2, 0.25) is 5.91 Å². The molecule has 8 nitrogen and oxygen atoms in total. The number of hydrogen-bond acceptors (Lipinski definition) is 7. The molecule has 2 atom stereocenters. The van der Waals surface area contributed by atoms with Crippen LogP contribution in [0.25, 0.3) is 10.9 Å². The third-order valence-corrected chi connectivity index (χ3v) is 6.51. The van der Waals surface area contributed by atoms with E-state index in [1.807, 2.05) is 55.5 Å². The number of nitrogens with one attached hydrogen (secondary N) is 2. The number of oxazole rings is 1. The molecule has 2 aromatic carbocycles. The van der Waals surface area contributed by atoms with E-state index < -0.39 is 11.4 Å². The van der Waals surface area contributed by atoms with Gasteiger partial charge in [-0.25, -0.2) is 4.98 Å². The quantitative estimate of drug-likeness (QED) is 0.415. The number of fused-ring (bicyclic) bond motifs is 1. The summed E-state index contributed by atoms with van der Waals surface area (Å²) in [6, 6.07) is 15.4. The van der Waals surface area contributed by atoms with Gasteiger partial charge in [-0.1, -0.05) is 30.0 Å². The van der Waals surface area contributed by atoms with Gasteiger partial charge in [-0.15, -0.1) is 0 Å². The summed E-state index contributed by atoms with van der Waals surface area (Å²) in [6.07, 6.45) is 1.31. The number of carbonyl (C=O) groups is 2. The standard InChI is InChI=1S/C24H21N3O5S/c1-13-21(25-12-31-13)22(17-5-3-4-6-19(17)30-2)32-16-8-7-14-9-15(26-18(14)11-16)10-20-23(28)27-24(29)33-20/h3-9,11-12,20,22,26H,10H2,1-2H3,(H,27,28,29). The third-order valence-electron chi connectivity index (χ3n) is 5.53. The van der Waals surface area contributed by atoms with Crippen molar-refractivity contribution >= 4 is 33.8 Å². The molecule has 168 valence electrons. The van der Waals surface area contributed by atoms with E-state index in [4.69, 9.17) is 13.9 Å². The van der Waals surface area contributed by atoms with Crippen molar-refractivity contribution in [1.29, 1.82) is 0 Å². The van der Waals surface area contributed by atoms with Crippen molar-refractivity contribution in [2.45, 2.75) is 24.7 Å². The van der Waals surface area contributed by atoms with Crippen molar-refractivity contribution in [1.82, 2.24) is 15.3 Å². The Hall–Kier alpha value is -3.72. The van der Waals surface area contributed by atoms with Gasteiger partial charge in [-0.2, -0.15) is 0 Å². The fraction of sp³-hybridized carbons (Fsp3) is 0.208. The molecule has 0 saturated carbocycles. The number of thioether (sulfide) groups is 1. The number of rotatable bonds is 7. The molecule has 2 unspecified atom stereocenters. The molecule has 1 aliphatic heterocycles. The molecular formula is C24H21N3O5S. The number of H-pyrrole nitrogens is 1. The van der Waals surface area contributed by atoms with Crippen molar-refractivity contribution in [2.75, 3.05) is 7.11 Å². The maximum absolute atomic E-state index is 11.9. The van der Waals surface area contributed by atoms with Crippen LogP contribution in [0.4, 0.5) is 4.79 Å². The second kappa shape index (κ2) is 8.67. The summed E-state index contributed by atoms with van der Waals surface area (Å²) in [5, 5.41) is 2.58. The molecule has 9 heteroatoms. The Morgan fingerprint density at radius 2 is 2.03 bits per heavy atom. The van der Waals surface area contributed by atoms with Crippen LogP contribution in [0.15, 0.2) is 59.3 Å². The number of ether oxygens (including phenoxy) is 2. The van der Waals surface area contributed by atoms with Crippen LogP contribution in [0, 0.1) is 6.92 Å². The van der Waals surface area contributed by atoms with Gasteiger partial charge in [0.05, 0.1) is 12.4 Å². The Morgan fingerprint density at radius 3 is 2.76 bits per heavy atom. The van der Waals surface area contributed by atoms with Gasteiger partial charge in [0.25, 0.3) is 5.24 Å². The summed E-state index contributed by atoms with van der Waals surface area (Å²) in [6.45, 7) is 1.84. The first-order valence-electron chi connectivity index (χ1n) is 10.3. The Balaban J connectivity index is 1.45. The highest BCUT2D eigenvalue weighted by atomic mass is 32.2. The van der Waals surface area contributed by atoms with Crippen molar-refractivity contribution in [3.05, 3.63) is 77.6 Å². The second-order valence-corrected chi connectivity index (χ2v) is 8.84. The average molecular weight is 464 g/mol. The highest BCUT2D eigenvalue weighted by molar-refractivity contribution is 8.15. The molecule has 4 aromatic rings. The van der Waals surface area contributed by atoms with Gasteiger partial charge in [-0.05, 0) is 36.6 Å². The summed E-state index contributed by atoms with van der Waals surface area (Å²) in [5.74, 6) is 1.73. The van der Waals surface area contributed by atoms with E-state index in [-0.39, 0.29) is 11.1 Å². The SMILES string of the molecule is COc1ccccc1C(Oc1ccc2cc(CC3SC(=O)NC3=O)[nH]c2c1)c1ncoc1C. The van der Waals surface area contributed by atoms with Crippen LogP contribution < -0.4 is 14.8 Å². The minimum absolute atomic E-state index is 0.254. The number of benzene rings is 2. The molecule has 1 saturated heterocycles. The molecule has 33 heavy (non-hydrogen) atoms. The van der Waals surface area contributed by atoms with E-state index >= 15 is 0 Å². The molecule has 0 radical (unpaired) electrons. The molecule has 2 N–H and O–H groups in total. The van der Waals surface area contributed by atoms with Crippen LogP contribution >= 0.6 is 11.8 Å². The summed E-state index contributed by atoms with van der Waals surface area (Å²) >= 11 is 1.02.